The number of rotatable bonds is 5. The van der Waals surface area contributed by atoms with Crippen molar-refractivity contribution in [3.63, 3.8) is 0 Å². The van der Waals surface area contributed by atoms with Crippen LogP contribution in [-0.2, 0) is 11.4 Å². The predicted octanol–water partition coefficient (Wildman–Crippen LogP) is 4.16. The van der Waals surface area contributed by atoms with E-state index >= 15 is 4.39 Å². The minimum absolute atomic E-state index is 0.0585. The molecule has 1 atom stereocenters. The van der Waals surface area contributed by atoms with E-state index in [1.165, 1.54) is 28.8 Å². The lowest BCUT2D eigenvalue weighted by atomic mass is 9.97. The number of phenols is 1. The van der Waals surface area contributed by atoms with Gasteiger partial charge < -0.3 is 24.7 Å². The normalized spacial score (nSPS) is 16.2. The molecule has 10 nitrogen and oxygen atoms in total. The average molecular weight is 606 g/mol. The molecule has 0 bridgehead atoms. The summed E-state index contributed by atoms with van der Waals surface area (Å²) in [6, 6.07) is 8.80. The largest absolute Gasteiger partial charge is 0.507 e. The number of para-hydroxylation sites is 1. The lowest BCUT2D eigenvalue weighted by molar-refractivity contribution is -0.126. The molecule has 2 aliphatic heterocycles. The first-order valence-corrected chi connectivity index (χ1v) is 14.2. The Labute approximate surface area is 251 Å². The number of benzene rings is 2. The summed E-state index contributed by atoms with van der Waals surface area (Å²) in [7, 11) is 0. The number of fused-ring (bicyclic) bond motifs is 2. The second kappa shape index (κ2) is 11.0. The summed E-state index contributed by atoms with van der Waals surface area (Å²) in [6.45, 7) is 8.18. The van der Waals surface area contributed by atoms with Crippen LogP contribution in [0.25, 0.3) is 28.0 Å². The monoisotopic (exact) mass is 605 g/mol. The fourth-order valence-corrected chi connectivity index (χ4v) is 6.19. The number of anilines is 1. The Balaban J connectivity index is 1.72. The van der Waals surface area contributed by atoms with Gasteiger partial charge in [-0.3, -0.25) is 4.79 Å². The molecule has 4 aromatic rings. The van der Waals surface area contributed by atoms with Crippen molar-refractivity contribution in [2.24, 2.45) is 0 Å². The second-order valence-corrected chi connectivity index (χ2v) is 11.2. The molecule has 0 unspecified atom stereocenters. The van der Waals surface area contributed by atoms with E-state index in [2.05, 4.69) is 11.6 Å². The van der Waals surface area contributed by atoms with Crippen LogP contribution in [0.2, 0.25) is 5.02 Å². The highest BCUT2D eigenvalue weighted by molar-refractivity contribution is 6.36. The van der Waals surface area contributed by atoms with Gasteiger partial charge in [-0.2, -0.15) is 4.98 Å². The van der Waals surface area contributed by atoms with Crippen LogP contribution in [0.15, 0.2) is 53.8 Å². The van der Waals surface area contributed by atoms with Gasteiger partial charge in [0.25, 0.3) is 0 Å². The number of amides is 1. The lowest BCUT2D eigenvalue weighted by Crippen LogP contribution is -2.56. The Morgan fingerprint density at radius 2 is 2.00 bits per heavy atom. The zero-order valence-electron chi connectivity index (χ0n) is 23.5. The maximum Gasteiger partial charge on any atom is 0.355 e. The number of hydrogen-bond donors (Lipinski definition) is 2. The molecule has 0 saturated carbocycles. The van der Waals surface area contributed by atoms with Gasteiger partial charge >= 0.3 is 5.69 Å². The number of aromatic hydroxyl groups is 1. The highest BCUT2D eigenvalue weighted by Gasteiger charge is 2.37. The van der Waals surface area contributed by atoms with E-state index in [1.807, 2.05) is 24.8 Å². The first-order chi connectivity index (χ1) is 20.7. The van der Waals surface area contributed by atoms with Crippen LogP contribution in [-0.4, -0.2) is 67.8 Å². The zero-order valence-corrected chi connectivity index (χ0v) is 24.3. The predicted molar refractivity (Wildman–Crippen MR) is 161 cm³/mol. The Bertz CT molecular complexity index is 1840. The molecule has 2 aromatic heterocycles. The van der Waals surface area contributed by atoms with Gasteiger partial charge in [-0.25, -0.2) is 18.7 Å². The Morgan fingerprint density at radius 3 is 2.70 bits per heavy atom. The first-order valence-electron chi connectivity index (χ1n) is 13.8. The molecule has 0 radical (unpaired) electrons. The van der Waals surface area contributed by atoms with Crippen LogP contribution < -0.4 is 15.3 Å². The topological polar surface area (TPSA) is 121 Å². The summed E-state index contributed by atoms with van der Waals surface area (Å²) >= 11 is 6.91. The molecular formula is C31H29ClFN5O5. The first kappa shape index (κ1) is 28.6. The molecule has 1 saturated heterocycles. The third kappa shape index (κ3) is 4.59. The van der Waals surface area contributed by atoms with Gasteiger partial charge in [0.2, 0.25) is 5.91 Å². The highest BCUT2D eigenvalue weighted by Crippen LogP contribution is 2.47. The van der Waals surface area contributed by atoms with E-state index in [0.717, 1.165) is 5.56 Å². The summed E-state index contributed by atoms with van der Waals surface area (Å²) in [5, 5.41) is 21.3. The number of ether oxygens (including phenoxy) is 1. The van der Waals surface area contributed by atoms with Gasteiger partial charge in [-0.15, -0.1) is 0 Å². The van der Waals surface area contributed by atoms with Crippen molar-refractivity contribution in [2.45, 2.75) is 32.4 Å². The number of pyridine rings is 1. The summed E-state index contributed by atoms with van der Waals surface area (Å²) in [5.74, 6) is -1.07. The SMILES string of the molecule is C=CC(=O)N1CCN2c3nc(=O)n(-c4c(CO)cccc4C(C)C)c4nc(-c5c(O)cccc5F)c(Cl)c(c34)OC[C@H]2C1. The molecule has 222 valence electrons. The van der Waals surface area contributed by atoms with Crippen LogP contribution in [0.1, 0.15) is 30.9 Å². The van der Waals surface area contributed by atoms with E-state index in [9.17, 15) is 19.8 Å². The van der Waals surface area contributed by atoms with E-state index in [4.69, 9.17) is 21.3 Å². The lowest BCUT2D eigenvalue weighted by Gasteiger charge is -2.40. The van der Waals surface area contributed by atoms with Crippen molar-refractivity contribution >= 4 is 34.4 Å². The van der Waals surface area contributed by atoms with E-state index < -0.39 is 23.3 Å². The molecule has 43 heavy (non-hydrogen) atoms. The Kier molecular flexibility index (Phi) is 7.31. The maximum absolute atomic E-state index is 15.2. The molecular weight excluding hydrogens is 577 g/mol. The van der Waals surface area contributed by atoms with Gasteiger partial charge in [0.1, 0.15) is 40.1 Å². The minimum Gasteiger partial charge on any atom is -0.507 e. The average Bonchev–Trinajstić information content (AvgIpc) is 3.15. The maximum atomic E-state index is 15.2. The number of halogens is 2. The fourth-order valence-electron chi connectivity index (χ4n) is 5.90. The van der Waals surface area contributed by atoms with Crippen LogP contribution in [0.4, 0.5) is 10.2 Å². The zero-order chi connectivity index (χ0) is 30.6. The van der Waals surface area contributed by atoms with Crippen LogP contribution in [0, 0.1) is 5.82 Å². The number of piperazine rings is 1. The van der Waals surface area contributed by atoms with Crippen molar-refractivity contribution in [1.29, 1.82) is 0 Å². The van der Waals surface area contributed by atoms with E-state index in [0.29, 0.717) is 29.7 Å². The highest BCUT2D eigenvalue weighted by atomic mass is 35.5. The third-order valence-electron chi connectivity index (χ3n) is 7.96. The van der Waals surface area contributed by atoms with Gasteiger partial charge in [0, 0.05) is 25.2 Å². The van der Waals surface area contributed by atoms with Crippen LogP contribution in [0.5, 0.6) is 11.5 Å². The molecule has 2 N–H and O–H groups in total. The molecule has 0 aliphatic carbocycles. The molecule has 6 rings (SSSR count). The van der Waals surface area contributed by atoms with Crippen molar-refractivity contribution in [2.75, 3.05) is 31.1 Å². The van der Waals surface area contributed by atoms with Crippen LogP contribution in [0.3, 0.4) is 0 Å². The van der Waals surface area contributed by atoms with Crippen molar-refractivity contribution < 1.29 is 24.1 Å². The van der Waals surface area contributed by atoms with Gasteiger partial charge in [-0.1, -0.05) is 56.3 Å². The van der Waals surface area contributed by atoms with Crippen LogP contribution >= 0.6 is 11.6 Å². The van der Waals surface area contributed by atoms with E-state index in [-0.39, 0.29) is 65.1 Å². The molecule has 12 heteroatoms. The summed E-state index contributed by atoms with van der Waals surface area (Å²) in [5.41, 5.74) is 0.624. The second-order valence-electron chi connectivity index (χ2n) is 10.8. The van der Waals surface area contributed by atoms with Crippen molar-refractivity contribution in [3.8, 4) is 28.4 Å². The summed E-state index contributed by atoms with van der Waals surface area (Å²) in [6.07, 6.45) is 1.25. The van der Waals surface area contributed by atoms with E-state index in [1.54, 1.807) is 17.0 Å². The summed E-state index contributed by atoms with van der Waals surface area (Å²) in [4.78, 5) is 39.3. The minimum atomic E-state index is -0.771. The van der Waals surface area contributed by atoms with Crippen molar-refractivity contribution in [1.82, 2.24) is 19.4 Å². The number of aliphatic hydroxyl groups is 1. The molecule has 2 aliphatic rings. The molecule has 4 heterocycles. The van der Waals surface area contributed by atoms with Crippen molar-refractivity contribution in [3.05, 3.63) is 81.5 Å². The van der Waals surface area contributed by atoms with Gasteiger partial charge in [0.05, 0.1) is 23.9 Å². The number of nitrogens with zero attached hydrogens (tertiary/aromatic N) is 5. The number of aliphatic hydroxyl groups excluding tert-OH is 1. The quantitative estimate of drug-likeness (QED) is 0.326. The molecule has 2 aromatic carbocycles. The van der Waals surface area contributed by atoms with Gasteiger partial charge in [0.15, 0.2) is 11.4 Å². The van der Waals surface area contributed by atoms with Gasteiger partial charge in [-0.05, 0) is 29.7 Å². The molecule has 1 amide bonds. The summed E-state index contributed by atoms with van der Waals surface area (Å²) < 4.78 is 22.8. The standard InChI is InChI=1S/C31H29ClFN5O5/c1-4-22(41)36-11-12-37-18(13-36)15-43-28-24-29(37)35-31(42)38(27-17(14-39)7-5-8-19(27)16(2)3)30(24)34-26(25(28)32)23-20(33)9-6-10-21(23)40/h4-10,16,18,39-40H,1,11-15H2,2-3H3/t18-/m1/s1. The Morgan fingerprint density at radius 1 is 1.23 bits per heavy atom. The fraction of sp³-hybridized carbons (Fsp3) is 0.290. The molecule has 0 spiro atoms. The number of aromatic nitrogens is 3. The smallest absolute Gasteiger partial charge is 0.355 e. The Hall–Kier alpha value is -4.48. The number of carbonyl (C=O) groups is 1. The number of phenolic OH excluding ortho intramolecular Hbond substituents is 1. The third-order valence-corrected chi connectivity index (χ3v) is 8.31. The number of hydrogen-bond acceptors (Lipinski definition) is 8. The molecule has 1 fully saturated rings. The number of carbonyl (C=O) groups excluding carboxylic acids is 1.